The number of carbonyl (C=O) groups excluding carboxylic acids is 1. The summed E-state index contributed by atoms with van der Waals surface area (Å²) in [4.78, 5) is 29.9. The number of carbonyl (C=O) groups is 1. The van der Waals surface area contributed by atoms with Crippen LogP contribution in [0.5, 0.6) is 0 Å². The van der Waals surface area contributed by atoms with Crippen LogP contribution in [0.25, 0.3) is 10.9 Å². The van der Waals surface area contributed by atoms with Gasteiger partial charge in [0.2, 0.25) is 5.91 Å². The number of aromatic nitrogens is 2. The molecule has 6 nitrogen and oxygen atoms in total. The smallest absolute Gasteiger partial charge is 0.262 e. The molecule has 1 amide bonds. The Labute approximate surface area is 165 Å². The van der Waals surface area contributed by atoms with E-state index in [9.17, 15) is 14.0 Å². The first-order valence-corrected chi connectivity index (χ1v) is 9.59. The molecule has 2 aromatic carbocycles. The van der Waals surface area contributed by atoms with Crippen LogP contribution in [0.15, 0.2) is 58.5 Å². The van der Waals surface area contributed by atoms with E-state index in [1.54, 1.807) is 38.3 Å². The molecule has 0 aliphatic rings. The Morgan fingerprint density at radius 1 is 1.29 bits per heavy atom. The molecule has 3 aromatic rings. The maximum Gasteiger partial charge on any atom is 0.262 e. The van der Waals surface area contributed by atoms with Crippen molar-refractivity contribution >= 4 is 34.3 Å². The number of nitrogens with zero attached hydrogens (tertiary/aromatic N) is 2. The van der Waals surface area contributed by atoms with Gasteiger partial charge < -0.3 is 10.1 Å². The number of ether oxygens (including phenoxy) is 1. The molecule has 1 aromatic heterocycles. The molecular formula is C20H20FN3O3S. The first-order valence-electron chi connectivity index (χ1n) is 8.71. The predicted molar refractivity (Wildman–Crippen MR) is 108 cm³/mol. The maximum atomic E-state index is 13.3. The topological polar surface area (TPSA) is 73.2 Å². The van der Waals surface area contributed by atoms with Crippen LogP contribution in [0.4, 0.5) is 10.1 Å². The summed E-state index contributed by atoms with van der Waals surface area (Å²) >= 11 is 1.17. The highest BCUT2D eigenvalue weighted by Gasteiger charge is 2.19. The second-order valence-electron chi connectivity index (χ2n) is 6.12. The minimum absolute atomic E-state index is 0.178. The Morgan fingerprint density at radius 3 is 2.82 bits per heavy atom. The second kappa shape index (κ2) is 8.99. The largest absolute Gasteiger partial charge is 0.383 e. The second-order valence-corrected chi connectivity index (χ2v) is 7.43. The van der Waals surface area contributed by atoms with Crippen LogP contribution in [-0.2, 0) is 16.1 Å². The number of halogens is 1. The van der Waals surface area contributed by atoms with Gasteiger partial charge in [0, 0.05) is 12.8 Å². The van der Waals surface area contributed by atoms with Crippen LogP contribution >= 0.6 is 11.8 Å². The van der Waals surface area contributed by atoms with Crippen molar-refractivity contribution in [1.82, 2.24) is 9.55 Å². The highest BCUT2D eigenvalue weighted by atomic mass is 32.2. The molecule has 0 fully saturated rings. The molecule has 0 saturated heterocycles. The molecule has 1 N–H and O–H groups in total. The van der Waals surface area contributed by atoms with Crippen LogP contribution in [0.3, 0.4) is 0 Å². The van der Waals surface area contributed by atoms with Crippen molar-refractivity contribution in [1.29, 1.82) is 0 Å². The number of benzene rings is 2. The van der Waals surface area contributed by atoms with Crippen LogP contribution in [0.1, 0.15) is 6.92 Å². The summed E-state index contributed by atoms with van der Waals surface area (Å²) in [5, 5.41) is 3.07. The minimum Gasteiger partial charge on any atom is -0.383 e. The van der Waals surface area contributed by atoms with E-state index in [1.165, 1.54) is 34.5 Å². The Morgan fingerprint density at radius 2 is 2.07 bits per heavy atom. The normalized spacial score (nSPS) is 12.1. The standard InChI is InChI=1S/C20H20FN3O3S/c1-13(18(25)22-15-7-5-6-14(21)12-15)28-20-23-17-9-4-3-8-16(17)19(26)24(20)10-11-27-2/h3-9,12-13H,10-11H2,1-2H3,(H,22,25)/t13-/m0/s1. The van der Waals surface area contributed by atoms with Crippen molar-refractivity contribution in [3.05, 3.63) is 64.7 Å². The van der Waals surface area contributed by atoms with Crippen molar-refractivity contribution in [2.45, 2.75) is 23.9 Å². The number of fused-ring (bicyclic) bond motifs is 1. The summed E-state index contributed by atoms with van der Waals surface area (Å²) in [7, 11) is 1.56. The van der Waals surface area contributed by atoms with Gasteiger partial charge in [0.05, 0.1) is 29.3 Å². The van der Waals surface area contributed by atoms with E-state index in [1.807, 2.05) is 6.07 Å². The van der Waals surface area contributed by atoms with Gasteiger partial charge in [-0.05, 0) is 37.3 Å². The summed E-state index contributed by atoms with van der Waals surface area (Å²) in [5.41, 5.74) is 0.769. The van der Waals surface area contributed by atoms with E-state index in [2.05, 4.69) is 10.3 Å². The molecule has 146 valence electrons. The van der Waals surface area contributed by atoms with E-state index >= 15 is 0 Å². The van der Waals surface area contributed by atoms with Crippen molar-refractivity contribution < 1.29 is 13.9 Å². The molecule has 0 bridgehead atoms. The fourth-order valence-corrected chi connectivity index (χ4v) is 3.57. The number of thioether (sulfide) groups is 1. The van der Waals surface area contributed by atoms with Crippen molar-refractivity contribution in [2.75, 3.05) is 19.0 Å². The van der Waals surface area contributed by atoms with Gasteiger partial charge in [0.15, 0.2) is 5.16 Å². The molecule has 0 aliphatic carbocycles. The summed E-state index contributed by atoms with van der Waals surface area (Å²) in [5.74, 6) is -0.737. The molecule has 1 atom stereocenters. The molecule has 0 spiro atoms. The van der Waals surface area contributed by atoms with Gasteiger partial charge in [-0.25, -0.2) is 9.37 Å². The third-order valence-corrected chi connectivity index (χ3v) is 5.18. The van der Waals surface area contributed by atoms with E-state index < -0.39 is 11.1 Å². The summed E-state index contributed by atoms with van der Waals surface area (Å²) in [6, 6.07) is 12.8. The average Bonchev–Trinajstić information content (AvgIpc) is 2.68. The zero-order chi connectivity index (χ0) is 20.1. The first-order chi connectivity index (χ1) is 13.5. The number of amides is 1. The van der Waals surface area contributed by atoms with E-state index in [0.29, 0.717) is 34.9 Å². The van der Waals surface area contributed by atoms with Gasteiger partial charge in [-0.1, -0.05) is 30.0 Å². The summed E-state index contributed by atoms with van der Waals surface area (Å²) in [6.45, 7) is 2.38. The third-order valence-electron chi connectivity index (χ3n) is 4.09. The van der Waals surface area contributed by atoms with Gasteiger partial charge in [0.25, 0.3) is 5.56 Å². The molecule has 0 unspecified atom stereocenters. The summed E-state index contributed by atoms with van der Waals surface area (Å²) < 4.78 is 19.9. The van der Waals surface area contributed by atoms with Crippen molar-refractivity contribution in [2.24, 2.45) is 0 Å². The fraction of sp³-hybridized carbons (Fsp3) is 0.250. The lowest BCUT2D eigenvalue weighted by Gasteiger charge is -2.16. The monoisotopic (exact) mass is 401 g/mol. The predicted octanol–water partition coefficient (Wildman–Crippen LogP) is 3.30. The van der Waals surface area contributed by atoms with Gasteiger partial charge >= 0.3 is 0 Å². The molecule has 28 heavy (non-hydrogen) atoms. The van der Waals surface area contributed by atoms with E-state index in [4.69, 9.17) is 4.74 Å². The lowest BCUT2D eigenvalue weighted by Crippen LogP contribution is -2.28. The lowest BCUT2D eigenvalue weighted by atomic mass is 10.2. The van der Waals surface area contributed by atoms with Crippen molar-refractivity contribution in [3.63, 3.8) is 0 Å². The van der Waals surface area contributed by atoms with E-state index in [-0.39, 0.29) is 11.5 Å². The lowest BCUT2D eigenvalue weighted by molar-refractivity contribution is -0.115. The Hall–Kier alpha value is -2.71. The third kappa shape index (κ3) is 4.58. The number of hydrogen-bond acceptors (Lipinski definition) is 5. The first kappa shape index (κ1) is 20.0. The molecular weight excluding hydrogens is 381 g/mol. The van der Waals surface area contributed by atoms with Gasteiger partial charge in [-0.3, -0.25) is 14.2 Å². The van der Waals surface area contributed by atoms with Gasteiger partial charge in [-0.15, -0.1) is 0 Å². The minimum atomic E-state index is -0.551. The highest BCUT2D eigenvalue weighted by molar-refractivity contribution is 8.00. The number of methoxy groups -OCH3 is 1. The zero-order valence-electron chi connectivity index (χ0n) is 15.5. The zero-order valence-corrected chi connectivity index (χ0v) is 16.3. The number of para-hydroxylation sites is 1. The van der Waals surface area contributed by atoms with Crippen LogP contribution in [0, 0.1) is 5.82 Å². The highest BCUT2D eigenvalue weighted by Crippen LogP contribution is 2.23. The number of hydrogen-bond donors (Lipinski definition) is 1. The number of nitrogens with one attached hydrogen (secondary N) is 1. The van der Waals surface area contributed by atoms with Gasteiger partial charge in [0.1, 0.15) is 5.82 Å². The SMILES string of the molecule is COCCn1c(S[C@@H](C)C(=O)Nc2cccc(F)c2)nc2ccccc2c1=O. The summed E-state index contributed by atoms with van der Waals surface area (Å²) in [6.07, 6.45) is 0. The fourth-order valence-electron chi connectivity index (χ4n) is 2.64. The van der Waals surface area contributed by atoms with Gasteiger partial charge in [-0.2, -0.15) is 0 Å². The Bertz CT molecular complexity index is 1050. The molecule has 0 radical (unpaired) electrons. The molecule has 8 heteroatoms. The molecule has 0 aliphatic heterocycles. The average molecular weight is 401 g/mol. The van der Waals surface area contributed by atoms with Crippen LogP contribution in [0.2, 0.25) is 0 Å². The van der Waals surface area contributed by atoms with Crippen molar-refractivity contribution in [3.8, 4) is 0 Å². The quantitative estimate of drug-likeness (QED) is 0.486. The molecule has 0 saturated carbocycles. The number of anilines is 1. The van der Waals surface area contributed by atoms with Crippen LogP contribution < -0.4 is 10.9 Å². The maximum absolute atomic E-state index is 13.3. The molecule has 1 heterocycles. The van der Waals surface area contributed by atoms with E-state index in [0.717, 1.165) is 0 Å². The van der Waals surface area contributed by atoms with Crippen LogP contribution in [-0.4, -0.2) is 34.4 Å². The Kier molecular flexibility index (Phi) is 6.43. The number of rotatable bonds is 7. The Balaban J connectivity index is 1.87. The molecule has 3 rings (SSSR count).